The van der Waals surface area contributed by atoms with Crippen molar-refractivity contribution in [3.8, 4) is 22.8 Å². The summed E-state index contributed by atoms with van der Waals surface area (Å²) in [7, 11) is 0. The molecule has 0 aliphatic heterocycles. The molecule has 0 amide bonds. The van der Waals surface area contributed by atoms with E-state index in [1.54, 1.807) is 6.20 Å². The van der Waals surface area contributed by atoms with E-state index in [0.29, 0.717) is 17.2 Å². The van der Waals surface area contributed by atoms with Crippen LogP contribution in [0.5, 0.6) is 5.75 Å². The highest BCUT2D eigenvalue weighted by Crippen LogP contribution is 2.38. The van der Waals surface area contributed by atoms with Gasteiger partial charge in [-0.25, -0.2) is 4.98 Å². The van der Waals surface area contributed by atoms with Gasteiger partial charge in [-0.2, -0.15) is 0 Å². The van der Waals surface area contributed by atoms with Crippen molar-refractivity contribution in [3.05, 3.63) is 59.3 Å². The van der Waals surface area contributed by atoms with Crippen molar-refractivity contribution in [1.29, 1.82) is 0 Å². The molecule has 126 valence electrons. The largest absolute Gasteiger partial charge is 0.505 e. The molecule has 25 heavy (non-hydrogen) atoms. The average molecular weight is 332 g/mol. The Labute approximate surface area is 145 Å². The minimum Gasteiger partial charge on any atom is -0.505 e. The Hall–Kier alpha value is -3.21. The van der Waals surface area contributed by atoms with Gasteiger partial charge in [0.05, 0.1) is 22.9 Å². The fourth-order valence-electron chi connectivity index (χ4n) is 3.22. The lowest BCUT2D eigenvalue weighted by atomic mass is 10.1. The molecule has 0 saturated carbocycles. The molecule has 2 aromatic heterocycles. The Morgan fingerprint density at radius 1 is 1.08 bits per heavy atom. The first-order valence-corrected chi connectivity index (χ1v) is 8.19. The van der Waals surface area contributed by atoms with Gasteiger partial charge in [0.1, 0.15) is 23.0 Å². The zero-order valence-corrected chi connectivity index (χ0v) is 14.5. The van der Waals surface area contributed by atoms with E-state index in [1.165, 1.54) is 0 Å². The number of benzene rings is 2. The van der Waals surface area contributed by atoms with Crippen LogP contribution in [0.4, 0.5) is 5.82 Å². The van der Waals surface area contributed by atoms with Crippen LogP contribution in [-0.4, -0.2) is 19.6 Å². The van der Waals surface area contributed by atoms with Gasteiger partial charge in [0.25, 0.3) is 0 Å². The van der Waals surface area contributed by atoms with E-state index >= 15 is 0 Å². The summed E-state index contributed by atoms with van der Waals surface area (Å²) in [4.78, 5) is 7.90. The van der Waals surface area contributed by atoms with Crippen molar-refractivity contribution >= 4 is 16.9 Å². The third-order valence-electron chi connectivity index (χ3n) is 4.60. The molecular formula is C20H20N4O. The molecule has 4 aromatic rings. The summed E-state index contributed by atoms with van der Waals surface area (Å²) in [5, 5.41) is 10.5. The molecule has 5 nitrogen and oxygen atoms in total. The number of para-hydroxylation sites is 1. The monoisotopic (exact) mass is 332 g/mol. The lowest BCUT2D eigenvalue weighted by Crippen LogP contribution is -2.02. The number of nitrogens with one attached hydrogen (secondary N) is 1. The predicted octanol–water partition coefficient (Wildman–Crippen LogP) is 4.23. The van der Waals surface area contributed by atoms with Gasteiger partial charge in [0.2, 0.25) is 0 Å². The fraction of sp³-hybridized carbons (Fsp3) is 0.150. The van der Waals surface area contributed by atoms with Crippen LogP contribution in [0, 0.1) is 20.8 Å². The number of nitrogen functional groups attached to an aromatic ring is 1. The molecule has 0 unspecified atom stereocenters. The number of nitrogens with zero attached hydrogens (tertiary/aromatic N) is 2. The second kappa shape index (κ2) is 5.41. The van der Waals surface area contributed by atoms with Crippen molar-refractivity contribution < 1.29 is 5.11 Å². The normalized spacial score (nSPS) is 11.3. The molecule has 2 aromatic carbocycles. The van der Waals surface area contributed by atoms with Gasteiger partial charge in [0.15, 0.2) is 0 Å². The summed E-state index contributed by atoms with van der Waals surface area (Å²) >= 11 is 0. The first-order valence-electron chi connectivity index (χ1n) is 8.19. The highest BCUT2D eigenvalue weighted by molar-refractivity contribution is 5.86. The second-order valence-corrected chi connectivity index (χ2v) is 6.49. The van der Waals surface area contributed by atoms with Crippen LogP contribution in [0.2, 0.25) is 0 Å². The Bertz CT molecular complexity index is 1100. The van der Waals surface area contributed by atoms with Gasteiger partial charge >= 0.3 is 0 Å². The van der Waals surface area contributed by atoms with Crippen LogP contribution in [0.15, 0.2) is 42.6 Å². The number of hydrogen-bond donors (Lipinski definition) is 3. The maximum Gasteiger partial charge on any atom is 0.146 e. The van der Waals surface area contributed by atoms with Crippen molar-refractivity contribution in [3.63, 3.8) is 0 Å². The van der Waals surface area contributed by atoms with Crippen LogP contribution in [0.25, 0.3) is 28.1 Å². The molecule has 0 bridgehead atoms. The Morgan fingerprint density at radius 3 is 2.64 bits per heavy atom. The predicted molar refractivity (Wildman–Crippen MR) is 101 cm³/mol. The zero-order chi connectivity index (χ0) is 17.7. The molecule has 0 radical (unpaired) electrons. The third-order valence-corrected chi connectivity index (χ3v) is 4.60. The van der Waals surface area contributed by atoms with E-state index in [9.17, 15) is 5.11 Å². The fourth-order valence-corrected chi connectivity index (χ4v) is 3.22. The van der Waals surface area contributed by atoms with Crippen LogP contribution in [-0.2, 0) is 0 Å². The van der Waals surface area contributed by atoms with Crippen molar-refractivity contribution in [2.45, 2.75) is 20.8 Å². The van der Waals surface area contributed by atoms with Gasteiger partial charge in [0, 0.05) is 0 Å². The van der Waals surface area contributed by atoms with E-state index in [-0.39, 0.29) is 5.75 Å². The summed E-state index contributed by atoms with van der Waals surface area (Å²) in [6, 6.07) is 12.1. The first-order chi connectivity index (χ1) is 12.0. The number of aromatic amines is 1. The van der Waals surface area contributed by atoms with E-state index < -0.39 is 0 Å². The number of aryl methyl sites for hydroxylation is 3. The first kappa shape index (κ1) is 15.3. The van der Waals surface area contributed by atoms with Crippen LogP contribution in [0.1, 0.15) is 16.7 Å². The van der Waals surface area contributed by atoms with Crippen LogP contribution in [0.3, 0.4) is 0 Å². The summed E-state index contributed by atoms with van der Waals surface area (Å²) in [5.41, 5.74) is 13.0. The molecule has 0 aliphatic carbocycles. The Kier molecular flexibility index (Phi) is 3.32. The van der Waals surface area contributed by atoms with Crippen LogP contribution < -0.4 is 5.73 Å². The molecule has 0 fully saturated rings. The molecule has 2 heterocycles. The quantitative estimate of drug-likeness (QED) is 0.514. The number of imidazole rings is 1. The number of fused-ring (bicyclic) bond motifs is 1. The minimum atomic E-state index is 0.107. The van der Waals surface area contributed by atoms with E-state index in [2.05, 4.69) is 22.1 Å². The Morgan fingerprint density at radius 2 is 1.88 bits per heavy atom. The standard InChI is InChI=1S/C20H20N4O/c1-11-7-8-12(2)15(9-11)24-10-16(25)17(19(24)21)20-22-14-6-4-5-13(3)18(14)23-20/h4-10,25H,21H2,1-3H3,(H,22,23). The number of aromatic hydroxyl groups is 1. The van der Waals surface area contributed by atoms with Gasteiger partial charge in [-0.05, 0) is 49.6 Å². The molecule has 0 saturated heterocycles. The Balaban J connectivity index is 1.93. The highest BCUT2D eigenvalue weighted by atomic mass is 16.3. The SMILES string of the molecule is Cc1ccc(C)c(-n2cc(O)c(-c3nc4c(C)cccc4[nH]3)c2N)c1. The van der Waals surface area contributed by atoms with Gasteiger partial charge in [-0.1, -0.05) is 24.3 Å². The molecule has 0 spiro atoms. The van der Waals surface area contributed by atoms with E-state index in [4.69, 9.17) is 5.73 Å². The second-order valence-electron chi connectivity index (χ2n) is 6.49. The van der Waals surface area contributed by atoms with Crippen LogP contribution >= 0.6 is 0 Å². The highest BCUT2D eigenvalue weighted by Gasteiger charge is 2.20. The summed E-state index contributed by atoms with van der Waals surface area (Å²) in [5.74, 6) is 1.14. The molecule has 5 heteroatoms. The number of H-pyrrole nitrogens is 1. The van der Waals surface area contributed by atoms with Gasteiger partial charge in [-0.15, -0.1) is 0 Å². The summed E-state index contributed by atoms with van der Waals surface area (Å²) in [6.07, 6.45) is 1.65. The van der Waals surface area contributed by atoms with Gasteiger partial charge < -0.3 is 15.8 Å². The number of hydrogen-bond acceptors (Lipinski definition) is 3. The maximum atomic E-state index is 10.5. The van der Waals surface area contributed by atoms with Crippen molar-refractivity contribution in [2.24, 2.45) is 0 Å². The molecule has 0 atom stereocenters. The lowest BCUT2D eigenvalue weighted by molar-refractivity contribution is 0.477. The summed E-state index contributed by atoms with van der Waals surface area (Å²) < 4.78 is 1.81. The summed E-state index contributed by atoms with van der Waals surface area (Å²) in [6.45, 7) is 6.07. The smallest absolute Gasteiger partial charge is 0.146 e. The number of rotatable bonds is 2. The van der Waals surface area contributed by atoms with Gasteiger partial charge in [-0.3, -0.25) is 4.57 Å². The molecular weight excluding hydrogens is 312 g/mol. The van der Waals surface area contributed by atoms with Crippen molar-refractivity contribution in [1.82, 2.24) is 14.5 Å². The maximum absolute atomic E-state index is 10.5. The van der Waals surface area contributed by atoms with E-state index in [0.717, 1.165) is 33.4 Å². The topological polar surface area (TPSA) is 79.9 Å². The molecule has 0 aliphatic rings. The van der Waals surface area contributed by atoms with E-state index in [1.807, 2.05) is 49.6 Å². The third kappa shape index (κ3) is 2.36. The number of nitrogens with two attached hydrogens (primary N) is 1. The molecule has 4 N–H and O–H groups in total. The zero-order valence-electron chi connectivity index (χ0n) is 14.5. The lowest BCUT2D eigenvalue weighted by Gasteiger charge is -2.10. The number of aromatic nitrogens is 3. The van der Waals surface area contributed by atoms with Crippen molar-refractivity contribution in [2.75, 3.05) is 5.73 Å². The minimum absolute atomic E-state index is 0.107. The number of anilines is 1. The molecule has 4 rings (SSSR count). The average Bonchev–Trinajstić information content (AvgIpc) is 3.11.